The number of hydrogen-bond acceptors (Lipinski definition) is 3. The molecule has 4 rings (SSSR count). The van der Waals surface area contributed by atoms with Crippen LogP contribution in [0.2, 0.25) is 0 Å². The van der Waals surface area contributed by atoms with E-state index in [-0.39, 0.29) is 58.6 Å². The maximum absolute atomic E-state index is 13.8. The summed E-state index contributed by atoms with van der Waals surface area (Å²) in [5, 5.41) is 2.35. The van der Waals surface area contributed by atoms with E-state index in [9.17, 15) is 23.2 Å². The SMILES string of the molecule is O=C(CCN1C(=O)[C@@H]2[C@H](C1=O)[C@H]1C=C[C@H]2C1)Nc1c(F)cc(F)cc1Br. The molecule has 0 spiro atoms. The average Bonchev–Trinajstić information content (AvgIpc) is 3.24. The highest BCUT2D eigenvalue weighted by molar-refractivity contribution is 9.10. The Bertz CT molecular complexity index is 804. The van der Waals surface area contributed by atoms with Crippen LogP contribution in [-0.4, -0.2) is 29.2 Å². The number of carbonyl (C=O) groups excluding carboxylic acids is 3. The molecule has 4 atom stereocenters. The van der Waals surface area contributed by atoms with Gasteiger partial charge in [-0.25, -0.2) is 8.78 Å². The second kappa shape index (κ2) is 6.26. The molecule has 2 bridgehead atoms. The summed E-state index contributed by atoms with van der Waals surface area (Å²) in [6.07, 6.45) is 4.70. The minimum atomic E-state index is -0.907. The summed E-state index contributed by atoms with van der Waals surface area (Å²) >= 11 is 3.00. The minimum Gasteiger partial charge on any atom is -0.323 e. The van der Waals surface area contributed by atoms with Gasteiger partial charge in [0.05, 0.1) is 17.5 Å². The molecule has 2 aliphatic carbocycles. The second-order valence-corrected chi connectivity index (χ2v) is 7.72. The summed E-state index contributed by atoms with van der Waals surface area (Å²) < 4.78 is 26.9. The Kier molecular flexibility index (Phi) is 4.17. The Balaban J connectivity index is 1.40. The van der Waals surface area contributed by atoms with Crippen molar-refractivity contribution in [3.05, 3.63) is 40.4 Å². The first-order valence-corrected chi connectivity index (χ1v) is 9.14. The molecule has 0 radical (unpaired) electrons. The van der Waals surface area contributed by atoms with Crippen molar-refractivity contribution in [2.45, 2.75) is 12.8 Å². The number of carbonyl (C=O) groups is 3. The lowest BCUT2D eigenvalue weighted by Gasteiger charge is -2.17. The smallest absolute Gasteiger partial charge is 0.233 e. The highest BCUT2D eigenvalue weighted by Crippen LogP contribution is 2.52. The van der Waals surface area contributed by atoms with Crippen LogP contribution in [-0.2, 0) is 14.4 Å². The fraction of sp³-hybridized carbons (Fsp3) is 0.389. The van der Waals surface area contributed by atoms with Crippen LogP contribution < -0.4 is 5.32 Å². The molecular weight excluding hydrogens is 410 g/mol. The van der Waals surface area contributed by atoms with Crippen molar-refractivity contribution >= 4 is 39.3 Å². The Labute approximate surface area is 156 Å². The quantitative estimate of drug-likeness (QED) is 0.596. The maximum Gasteiger partial charge on any atom is 0.233 e. The normalized spacial score (nSPS) is 28.8. The van der Waals surface area contributed by atoms with E-state index in [1.165, 1.54) is 0 Å². The van der Waals surface area contributed by atoms with Crippen molar-refractivity contribution in [1.82, 2.24) is 4.90 Å². The van der Waals surface area contributed by atoms with Crippen molar-refractivity contribution in [2.75, 3.05) is 11.9 Å². The topological polar surface area (TPSA) is 66.5 Å². The number of allylic oxidation sites excluding steroid dienone is 2. The Hall–Kier alpha value is -2.09. The monoisotopic (exact) mass is 424 g/mol. The van der Waals surface area contributed by atoms with Crippen molar-refractivity contribution in [3.63, 3.8) is 0 Å². The van der Waals surface area contributed by atoms with Crippen molar-refractivity contribution in [3.8, 4) is 0 Å². The Morgan fingerprint density at radius 3 is 2.35 bits per heavy atom. The van der Waals surface area contributed by atoms with Crippen LogP contribution in [0.25, 0.3) is 0 Å². The van der Waals surface area contributed by atoms with E-state index in [0.29, 0.717) is 6.07 Å². The molecule has 1 saturated carbocycles. The standard InChI is InChI=1S/C18H15BrF2N2O3/c19-11-6-10(20)7-12(21)16(11)22-13(24)3-4-23-17(25)14-8-1-2-9(5-8)15(14)18(23)26/h1-2,6-9,14-15H,3-5H2,(H,22,24)/t8-,9-,14-,15+/m0/s1. The molecule has 1 heterocycles. The highest BCUT2D eigenvalue weighted by Gasteiger charge is 2.59. The van der Waals surface area contributed by atoms with Crippen molar-refractivity contribution in [2.24, 2.45) is 23.7 Å². The van der Waals surface area contributed by atoms with Crippen LogP contribution in [0.15, 0.2) is 28.8 Å². The molecule has 1 aliphatic heterocycles. The summed E-state index contributed by atoms with van der Waals surface area (Å²) in [5.41, 5.74) is -0.172. The number of imide groups is 1. The first-order chi connectivity index (χ1) is 12.4. The summed E-state index contributed by atoms with van der Waals surface area (Å²) in [6, 6.07) is 1.70. The first-order valence-electron chi connectivity index (χ1n) is 8.34. The zero-order chi connectivity index (χ0) is 18.6. The van der Waals surface area contributed by atoms with E-state index in [4.69, 9.17) is 0 Å². The highest BCUT2D eigenvalue weighted by atomic mass is 79.9. The molecule has 0 aromatic heterocycles. The third-order valence-electron chi connectivity index (χ3n) is 5.40. The lowest BCUT2D eigenvalue weighted by atomic mass is 9.85. The predicted molar refractivity (Wildman–Crippen MR) is 91.7 cm³/mol. The van der Waals surface area contributed by atoms with Crippen LogP contribution in [0, 0.1) is 35.3 Å². The predicted octanol–water partition coefficient (Wildman–Crippen LogP) is 2.86. The van der Waals surface area contributed by atoms with Crippen molar-refractivity contribution < 1.29 is 23.2 Å². The Morgan fingerprint density at radius 1 is 1.15 bits per heavy atom. The van der Waals surface area contributed by atoms with E-state index < -0.39 is 17.5 Å². The van der Waals surface area contributed by atoms with Gasteiger partial charge in [-0.1, -0.05) is 12.2 Å². The molecule has 26 heavy (non-hydrogen) atoms. The van der Waals surface area contributed by atoms with Gasteiger partial charge >= 0.3 is 0 Å². The number of benzene rings is 1. The molecule has 1 aromatic carbocycles. The van der Waals surface area contributed by atoms with Crippen LogP contribution in [0.1, 0.15) is 12.8 Å². The summed E-state index contributed by atoms with van der Waals surface area (Å²) in [5.74, 6) is -3.05. The van der Waals surface area contributed by atoms with E-state index in [1.54, 1.807) is 0 Å². The third kappa shape index (κ3) is 2.67. The first kappa shape index (κ1) is 17.3. The number of rotatable bonds is 4. The number of hydrogen-bond donors (Lipinski definition) is 1. The second-order valence-electron chi connectivity index (χ2n) is 6.87. The molecular formula is C18H15BrF2N2O3. The summed E-state index contributed by atoms with van der Waals surface area (Å²) in [6.45, 7) is -0.0453. The number of likely N-dealkylation sites (tertiary alicyclic amines) is 1. The van der Waals surface area contributed by atoms with Gasteiger partial charge < -0.3 is 5.32 Å². The molecule has 8 heteroatoms. The molecule has 1 N–H and O–H groups in total. The molecule has 136 valence electrons. The van der Waals surface area contributed by atoms with E-state index in [0.717, 1.165) is 17.4 Å². The molecule has 0 unspecified atom stereocenters. The zero-order valence-electron chi connectivity index (χ0n) is 13.5. The lowest BCUT2D eigenvalue weighted by molar-refractivity contribution is -0.140. The van der Waals surface area contributed by atoms with E-state index in [2.05, 4.69) is 21.2 Å². The molecule has 3 aliphatic rings. The fourth-order valence-electron chi connectivity index (χ4n) is 4.26. The van der Waals surface area contributed by atoms with E-state index >= 15 is 0 Å². The molecule has 5 nitrogen and oxygen atoms in total. The van der Waals surface area contributed by atoms with Gasteiger partial charge in [-0.3, -0.25) is 19.3 Å². The average molecular weight is 425 g/mol. The number of halogens is 3. The Morgan fingerprint density at radius 2 is 1.77 bits per heavy atom. The van der Waals surface area contributed by atoms with Crippen LogP contribution in [0.5, 0.6) is 0 Å². The van der Waals surface area contributed by atoms with Crippen LogP contribution in [0.4, 0.5) is 14.5 Å². The molecule has 2 fully saturated rings. The number of amides is 3. The zero-order valence-corrected chi connectivity index (χ0v) is 15.1. The largest absolute Gasteiger partial charge is 0.323 e. The molecule has 1 aromatic rings. The summed E-state index contributed by atoms with van der Waals surface area (Å²) in [7, 11) is 0. The van der Waals surface area contributed by atoms with Gasteiger partial charge in [-0.15, -0.1) is 0 Å². The number of fused-ring (bicyclic) bond motifs is 5. The number of anilines is 1. The number of nitrogens with one attached hydrogen (secondary N) is 1. The minimum absolute atomic E-state index is 0.0453. The van der Waals surface area contributed by atoms with Gasteiger partial charge in [0.2, 0.25) is 17.7 Å². The molecule has 1 saturated heterocycles. The van der Waals surface area contributed by atoms with Gasteiger partial charge in [0, 0.05) is 23.5 Å². The van der Waals surface area contributed by atoms with Gasteiger partial charge in [-0.2, -0.15) is 0 Å². The maximum atomic E-state index is 13.8. The third-order valence-corrected chi connectivity index (χ3v) is 6.02. The van der Waals surface area contributed by atoms with Crippen LogP contribution in [0.3, 0.4) is 0 Å². The van der Waals surface area contributed by atoms with Gasteiger partial charge in [0.25, 0.3) is 0 Å². The van der Waals surface area contributed by atoms with Gasteiger partial charge in [-0.05, 0) is 40.3 Å². The molecule has 3 amide bonds. The lowest BCUT2D eigenvalue weighted by Crippen LogP contribution is -2.35. The summed E-state index contributed by atoms with van der Waals surface area (Å²) in [4.78, 5) is 38.3. The van der Waals surface area contributed by atoms with E-state index in [1.807, 2.05) is 12.2 Å². The van der Waals surface area contributed by atoms with Gasteiger partial charge in [0.1, 0.15) is 5.82 Å². The number of nitrogens with zero attached hydrogens (tertiary/aromatic N) is 1. The van der Waals surface area contributed by atoms with Crippen molar-refractivity contribution in [1.29, 1.82) is 0 Å². The van der Waals surface area contributed by atoms with Gasteiger partial charge in [0.15, 0.2) is 5.82 Å². The fourth-order valence-corrected chi connectivity index (χ4v) is 4.77. The van der Waals surface area contributed by atoms with Crippen LogP contribution >= 0.6 is 15.9 Å².